The normalized spacial score (nSPS) is 11.2. The smallest absolute Gasteiger partial charge is 0.277 e. The number of nitro benzene ring substituents is 1. The molecular formula is C9H7ClN4O4S. The van der Waals surface area contributed by atoms with Gasteiger partial charge in [0.2, 0.25) is 0 Å². The first-order valence-electron chi connectivity index (χ1n) is 4.86. The molecule has 0 atom stereocenters. The van der Waals surface area contributed by atoms with Gasteiger partial charge in [-0.25, -0.2) is 0 Å². The molecule has 0 fully saturated rings. The summed E-state index contributed by atoms with van der Waals surface area (Å²) in [7, 11) is -3.91. The van der Waals surface area contributed by atoms with Gasteiger partial charge in [0.15, 0.2) is 5.03 Å². The third-order valence-corrected chi connectivity index (χ3v) is 3.79. The molecule has 1 heterocycles. The van der Waals surface area contributed by atoms with Gasteiger partial charge in [-0.05, 0) is 12.1 Å². The van der Waals surface area contributed by atoms with Gasteiger partial charge in [0.25, 0.3) is 15.7 Å². The van der Waals surface area contributed by atoms with E-state index in [0.717, 1.165) is 6.07 Å². The number of hydrogen-bond donors (Lipinski definition) is 2. The summed E-state index contributed by atoms with van der Waals surface area (Å²) in [6, 6.07) is 4.70. The summed E-state index contributed by atoms with van der Waals surface area (Å²) in [4.78, 5) is 9.98. The summed E-state index contributed by atoms with van der Waals surface area (Å²) in [5, 5.41) is 16.3. The predicted octanol–water partition coefficient (Wildman–Crippen LogP) is 1.77. The highest BCUT2D eigenvalue weighted by Gasteiger charge is 2.19. The second kappa shape index (κ2) is 4.86. The van der Waals surface area contributed by atoms with Crippen molar-refractivity contribution in [1.29, 1.82) is 0 Å². The zero-order valence-electron chi connectivity index (χ0n) is 9.20. The lowest BCUT2D eigenvalue weighted by atomic mass is 10.3. The fraction of sp³-hybridized carbons (Fsp3) is 0. The Morgan fingerprint density at radius 2 is 2.11 bits per heavy atom. The number of halogens is 1. The Morgan fingerprint density at radius 1 is 1.37 bits per heavy atom. The summed E-state index contributed by atoms with van der Waals surface area (Å²) in [5.41, 5.74) is -0.350. The lowest BCUT2D eigenvalue weighted by molar-refractivity contribution is -0.384. The summed E-state index contributed by atoms with van der Waals surface area (Å²) in [6.45, 7) is 0. The van der Waals surface area contributed by atoms with Crippen LogP contribution in [0.1, 0.15) is 0 Å². The molecule has 0 aliphatic heterocycles. The first kappa shape index (κ1) is 13.3. The second-order valence-electron chi connectivity index (χ2n) is 3.45. The van der Waals surface area contributed by atoms with E-state index in [2.05, 4.69) is 14.9 Å². The molecule has 100 valence electrons. The van der Waals surface area contributed by atoms with E-state index in [0.29, 0.717) is 0 Å². The molecule has 0 spiro atoms. The Hall–Kier alpha value is -2.13. The summed E-state index contributed by atoms with van der Waals surface area (Å²) >= 11 is 5.79. The molecule has 10 heteroatoms. The van der Waals surface area contributed by atoms with Crippen molar-refractivity contribution in [1.82, 2.24) is 10.2 Å². The highest BCUT2D eigenvalue weighted by molar-refractivity contribution is 7.92. The van der Waals surface area contributed by atoms with Gasteiger partial charge in [0.1, 0.15) is 0 Å². The van der Waals surface area contributed by atoms with Gasteiger partial charge >= 0.3 is 0 Å². The van der Waals surface area contributed by atoms with Crippen LogP contribution in [0.2, 0.25) is 5.02 Å². The van der Waals surface area contributed by atoms with Gasteiger partial charge in [-0.15, -0.1) is 0 Å². The van der Waals surface area contributed by atoms with Crippen LogP contribution in [0.4, 0.5) is 11.4 Å². The number of sulfonamides is 1. The second-order valence-corrected chi connectivity index (χ2v) is 5.51. The van der Waals surface area contributed by atoms with Crippen LogP contribution in [0.25, 0.3) is 0 Å². The molecular weight excluding hydrogens is 296 g/mol. The molecule has 0 saturated carbocycles. The third-order valence-electron chi connectivity index (χ3n) is 2.17. The number of nitrogens with zero attached hydrogens (tertiary/aromatic N) is 2. The van der Waals surface area contributed by atoms with Crippen LogP contribution in [0.15, 0.2) is 35.5 Å². The average molecular weight is 303 g/mol. The minimum atomic E-state index is -3.91. The van der Waals surface area contributed by atoms with E-state index in [4.69, 9.17) is 11.6 Å². The molecule has 0 amide bonds. The van der Waals surface area contributed by atoms with Crippen molar-refractivity contribution in [2.24, 2.45) is 0 Å². The Balaban J connectivity index is 2.39. The topological polar surface area (TPSA) is 118 Å². The van der Waals surface area contributed by atoms with Crippen LogP contribution >= 0.6 is 11.6 Å². The molecule has 19 heavy (non-hydrogen) atoms. The summed E-state index contributed by atoms with van der Waals surface area (Å²) < 4.78 is 25.9. The quantitative estimate of drug-likeness (QED) is 0.659. The van der Waals surface area contributed by atoms with Crippen molar-refractivity contribution in [3.8, 4) is 0 Å². The Morgan fingerprint density at radius 3 is 2.68 bits per heavy atom. The minimum absolute atomic E-state index is 0.0497. The number of hydrogen-bond acceptors (Lipinski definition) is 5. The fourth-order valence-electron chi connectivity index (χ4n) is 1.30. The maximum absolute atomic E-state index is 11.9. The molecule has 2 N–H and O–H groups in total. The van der Waals surface area contributed by atoms with E-state index >= 15 is 0 Å². The molecule has 0 aliphatic rings. The van der Waals surface area contributed by atoms with Gasteiger partial charge in [0, 0.05) is 12.1 Å². The number of anilines is 1. The van der Waals surface area contributed by atoms with Crippen LogP contribution in [-0.2, 0) is 10.0 Å². The molecule has 0 saturated heterocycles. The van der Waals surface area contributed by atoms with Gasteiger partial charge in [-0.1, -0.05) is 11.6 Å². The summed E-state index contributed by atoms with van der Waals surface area (Å²) in [6.07, 6.45) is 1.27. The zero-order chi connectivity index (χ0) is 14.0. The maximum Gasteiger partial charge on any atom is 0.278 e. The maximum atomic E-state index is 11.9. The number of aromatic amines is 1. The molecule has 0 bridgehead atoms. The number of rotatable bonds is 4. The van der Waals surface area contributed by atoms with E-state index < -0.39 is 14.9 Å². The average Bonchev–Trinajstić information content (AvgIpc) is 2.85. The molecule has 2 rings (SSSR count). The third kappa shape index (κ3) is 2.83. The number of benzene rings is 1. The summed E-state index contributed by atoms with van der Waals surface area (Å²) in [5.74, 6) is 0. The molecule has 1 aromatic carbocycles. The number of aromatic nitrogens is 2. The standard InChI is InChI=1S/C9H7ClN4O4S/c10-7-2-1-6(14(15)16)5-8(7)13-19(17,18)9-3-4-11-12-9/h1-5,13H,(H,11,12). The van der Waals surface area contributed by atoms with Gasteiger partial charge in [0.05, 0.1) is 21.8 Å². The van der Waals surface area contributed by atoms with Crippen LogP contribution in [-0.4, -0.2) is 23.5 Å². The van der Waals surface area contributed by atoms with E-state index in [1.807, 2.05) is 0 Å². The van der Waals surface area contributed by atoms with Crippen molar-refractivity contribution < 1.29 is 13.3 Å². The number of H-pyrrole nitrogens is 1. The van der Waals surface area contributed by atoms with Crippen LogP contribution < -0.4 is 4.72 Å². The number of nitrogens with one attached hydrogen (secondary N) is 2. The monoisotopic (exact) mass is 302 g/mol. The molecule has 0 radical (unpaired) electrons. The Kier molecular flexibility index (Phi) is 3.40. The molecule has 8 nitrogen and oxygen atoms in total. The van der Waals surface area contributed by atoms with Crippen molar-refractivity contribution >= 4 is 33.0 Å². The van der Waals surface area contributed by atoms with Gasteiger partial charge in [-0.3, -0.25) is 19.9 Å². The van der Waals surface area contributed by atoms with Crippen molar-refractivity contribution in [2.45, 2.75) is 5.03 Å². The van der Waals surface area contributed by atoms with E-state index in [1.165, 1.54) is 24.4 Å². The fourth-order valence-corrected chi connectivity index (χ4v) is 2.50. The van der Waals surface area contributed by atoms with Crippen LogP contribution in [0.5, 0.6) is 0 Å². The first-order valence-corrected chi connectivity index (χ1v) is 6.72. The Labute approximate surface area is 112 Å². The molecule has 2 aromatic rings. The SMILES string of the molecule is O=[N+]([O-])c1ccc(Cl)c(NS(=O)(=O)c2ccn[nH]2)c1. The largest absolute Gasteiger partial charge is 0.278 e. The first-order chi connectivity index (χ1) is 8.90. The van der Waals surface area contributed by atoms with Crippen LogP contribution in [0.3, 0.4) is 0 Å². The van der Waals surface area contributed by atoms with E-state index in [-0.39, 0.29) is 21.4 Å². The molecule has 0 aliphatic carbocycles. The lowest BCUT2D eigenvalue weighted by Gasteiger charge is -2.07. The van der Waals surface area contributed by atoms with Crippen molar-refractivity contribution in [3.05, 3.63) is 45.6 Å². The van der Waals surface area contributed by atoms with E-state index in [9.17, 15) is 18.5 Å². The highest BCUT2D eigenvalue weighted by Crippen LogP contribution is 2.28. The zero-order valence-corrected chi connectivity index (χ0v) is 10.8. The Bertz CT molecular complexity index is 714. The lowest BCUT2D eigenvalue weighted by Crippen LogP contribution is -2.13. The molecule has 0 unspecified atom stereocenters. The highest BCUT2D eigenvalue weighted by atomic mass is 35.5. The van der Waals surface area contributed by atoms with Crippen molar-refractivity contribution in [3.63, 3.8) is 0 Å². The van der Waals surface area contributed by atoms with Crippen LogP contribution in [0, 0.1) is 10.1 Å². The predicted molar refractivity (Wildman–Crippen MR) is 67.5 cm³/mol. The number of non-ortho nitro benzene ring substituents is 1. The van der Waals surface area contributed by atoms with E-state index in [1.54, 1.807) is 0 Å². The van der Waals surface area contributed by atoms with Gasteiger partial charge in [-0.2, -0.15) is 13.5 Å². The van der Waals surface area contributed by atoms with Crippen molar-refractivity contribution in [2.75, 3.05) is 4.72 Å². The molecule has 1 aromatic heterocycles. The number of nitro groups is 1. The minimum Gasteiger partial charge on any atom is -0.277 e. The van der Waals surface area contributed by atoms with Gasteiger partial charge < -0.3 is 0 Å².